The van der Waals surface area contributed by atoms with Crippen LogP contribution in [0.5, 0.6) is 0 Å². The molecule has 112 valence electrons. The van der Waals surface area contributed by atoms with E-state index >= 15 is 0 Å². The minimum atomic E-state index is -0.106. The van der Waals surface area contributed by atoms with Crippen LogP contribution in [0.25, 0.3) is 0 Å². The van der Waals surface area contributed by atoms with Gasteiger partial charge in [-0.25, -0.2) is 4.39 Å². The van der Waals surface area contributed by atoms with Crippen LogP contribution < -0.4 is 0 Å². The maximum absolute atomic E-state index is 14.4. The van der Waals surface area contributed by atoms with Gasteiger partial charge >= 0.3 is 0 Å². The summed E-state index contributed by atoms with van der Waals surface area (Å²) in [6.07, 6.45) is 3.22. The number of halogens is 1. The van der Waals surface area contributed by atoms with Crippen molar-refractivity contribution in [2.75, 3.05) is 13.1 Å². The second kappa shape index (κ2) is 6.02. The predicted octanol–water partition coefficient (Wildman–Crippen LogP) is 4.08. The second-order valence-electron chi connectivity index (χ2n) is 6.29. The zero-order valence-corrected chi connectivity index (χ0v) is 12.8. The zero-order valence-electron chi connectivity index (χ0n) is 12.8. The summed E-state index contributed by atoms with van der Waals surface area (Å²) in [6, 6.07) is 11.4. The molecule has 3 heteroatoms. The Hall–Kier alpha value is -1.61. The molecular weight excluding hydrogens is 263 g/mol. The summed E-state index contributed by atoms with van der Waals surface area (Å²) in [5.41, 5.74) is 2.00. The molecule has 1 aliphatic heterocycles. The molecule has 21 heavy (non-hydrogen) atoms. The molecule has 0 aliphatic carbocycles. The van der Waals surface area contributed by atoms with E-state index in [9.17, 15) is 4.39 Å². The first-order valence-corrected chi connectivity index (χ1v) is 7.80. The molecule has 1 aromatic carbocycles. The van der Waals surface area contributed by atoms with Crippen molar-refractivity contribution in [3.63, 3.8) is 0 Å². The second-order valence-corrected chi connectivity index (χ2v) is 6.29. The fraction of sp³-hybridized carbons (Fsp3) is 0.444. The van der Waals surface area contributed by atoms with Crippen molar-refractivity contribution >= 4 is 0 Å². The van der Waals surface area contributed by atoms with Gasteiger partial charge in [0.15, 0.2) is 0 Å². The van der Waals surface area contributed by atoms with Crippen molar-refractivity contribution in [3.05, 3.63) is 59.7 Å². The number of hydrogen-bond donors (Lipinski definition) is 0. The normalized spacial score (nSPS) is 19.5. The Balaban J connectivity index is 2.07. The molecule has 0 saturated carbocycles. The van der Waals surface area contributed by atoms with E-state index in [0.29, 0.717) is 5.92 Å². The lowest BCUT2D eigenvalue weighted by Crippen LogP contribution is -2.33. The summed E-state index contributed by atoms with van der Waals surface area (Å²) >= 11 is 0. The number of hydrogen-bond acceptors (Lipinski definition) is 1. The van der Waals surface area contributed by atoms with Crippen molar-refractivity contribution in [2.24, 2.45) is 5.92 Å². The molecule has 0 spiro atoms. The van der Waals surface area contributed by atoms with Gasteiger partial charge in [-0.15, -0.1) is 0 Å². The van der Waals surface area contributed by atoms with Crippen LogP contribution in [0.4, 0.5) is 4.39 Å². The molecule has 0 N–H and O–H groups in total. The SMILES string of the molecule is CC(C)CN1CCCn2cccc2C1c1ccccc1F. The third-order valence-corrected chi connectivity index (χ3v) is 4.15. The molecule has 0 saturated heterocycles. The van der Waals surface area contributed by atoms with Crippen LogP contribution in [-0.4, -0.2) is 22.6 Å². The Labute approximate surface area is 126 Å². The summed E-state index contributed by atoms with van der Waals surface area (Å²) in [6.45, 7) is 7.47. The van der Waals surface area contributed by atoms with E-state index in [4.69, 9.17) is 0 Å². The van der Waals surface area contributed by atoms with Gasteiger partial charge in [-0.2, -0.15) is 0 Å². The molecular formula is C18H23FN2. The molecule has 3 rings (SSSR count). The largest absolute Gasteiger partial charge is 0.350 e. The van der Waals surface area contributed by atoms with Crippen LogP contribution >= 0.6 is 0 Å². The lowest BCUT2D eigenvalue weighted by Gasteiger charge is -2.32. The van der Waals surface area contributed by atoms with E-state index in [1.807, 2.05) is 12.1 Å². The number of fused-ring (bicyclic) bond motifs is 1. The summed E-state index contributed by atoms with van der Waals surface area (Å²) in [7, 11) is 0. The van der Waals surface area contributed by atoms with Gasteiger partial charge in [-0.3, -0.25) is 4.90 Å². The molecule has 1 aliphatic rings. The van der Waals surface area contributed by atoms with E-state index in [1.54, 1.807) is 12.1 Å². The number of nitrogens with zero attached hydrogens (tertiary/aromatic N) is 2. The van der Waals surface area contributed by atoms with Gasteiger partial charge in [0, 0.05) is 37.1 Å². The molecule has 0 bridgehead atoms. The standard InChI is InChI=1S/C18H23FN2/c1-14(2)13-21-12-6-11-20-10-5-9-17(20)18(21)15-7-3-4-8-16(15)19/h3-5,7-10,14,18H,6,11-13H2,1-2H3. The molecule has 0 radical (unpaired) electrons. The maximum Gasteiger partial charge on any atom is 0.128 e. The number of aryl methyl sites for hydroxylation is 1. The fourth-order valence-electron chi connectivity index (χ4n) is 3.36. The Bertz CT molecular complexity index is 603. The molecule has 0 fully saturated rings. The monoisotopic (exact) mass is 286 g/mol. The van der Waals surface area contributed by atoms with Crippen LogP contribution in [0, 0.1) is 11.7 Å². The van der Waals surface area contributed by atoms with E-state index in [-0.39, 0.29) is 11.9 Å². The van der Waals surface area contributed by atoms with Gasteiger partial charge in [0.2, 0.25) is 0 Å². The van der Waals surface area contributed by atoms with Gasteiger partial charge < -0.3 is 4.57 Å². The molecule has 2 heterocycles. The quantitative estimate of drug-likeness (QED) is 0.825. The first-order chi connectivity index (χ1) is 10.2. The van der Waals surface area contributed by atoms with Crippen LogP contribution in [0.3, 0.4) is 0 Å². The number of rotatable bonds is 3. The number of aromatic nitrogens is 1. The third kappa shape index (κ3) is 2.88. The average molecular weight is 286 g/mol. The predicted molar refractivity (Wildman–Crippen MR) is 83.7 cm³/mol. The fourth-order valence-corrected chi connectivity index (χ4v) is 3.36. The first kappa shape index (κ1) is 14.3. The van der Waals surface area contributed by atoms with Gasteiger partial charge in [0.1, 0.15) is 5.82 Å². The third-order valence-electron chi connectivity index (χ3n) is 4.15. The van der Waals surface area contributed by atoms with E-state index in [0.717, 1.165) is 31.6 Å². The molecule has 1 unspecified atom stereocenters. The van der Waals surface area contributed by atoms with E-state index in [2.05, 4.69) is 41.6 Å². The van der Waals surface area contributed by atoms with E-state index in [1.165, 1.54) is 5.69 Å². The minimum absolute atomic E-state index is 0.0195. The Morgan fingerprint density at radius 1 is 1.14 bits per heavy atom. The number of benzene rings is 1. The molecule has 1 aromatic heterocycles. The lowest BCUT2D eigenvalue weighted by molar-refractivity contribution is 0.201. The van der Waals surface area contributed by atoms with Crippen LogP contribution in [-0.2, 0) is 6.54 Å². The molecule has 2 aromatic rings. The van der Waals surface area contributed by atoms with Crippen molar-refractivity contribution in [1.29, 1.82) is 0 Å². The van der Waals surface area contributed by atoms with Crippen LogP contribution in [0.2, 0.25) is 0 Å². The van der Waals surface area contributed by atoms with Gasteiger partial charge in [-0.1, -0.05) is 32.0 Å². The van der Waals surface area contributed by atoms with Crippen molar-refractivity contribution in [1.82, 2.24) is 9.47 Å². The van der Waals surface area contributed by atoms with Crippen molar-refractivity contribution in [2.45, 2.75) is 32.9 Å². The Morgan fingerprint density at radius 2 is 1.95 bits per heavy atom. The average Bonchev–Trinajstić information content (AvgIpc) is 2.82. The smallest absolute Gasteiger partial charge is 0.128 e. The summed E-state index contributed by atoms with van der Waals surface area (Å²) in [5.74, 6) is 0.465. The molecule has 2 nitrogen and oxygen atoms in total. The highest BCUT2D eigenvalue weighted by atomic mass is 19.1. The van der Waals surface area contributed by atoms with Crippen molar-refractivity contribution in [3.8, 4) is 0 Å². The molecule has 1 atom stereocenters. The topological polar surface area (TPSA) is 8.17 Å². The zero-order chi connectivity index (χ0) is 14.8. The summed E-state index contributed by atoms with van der Waals surface area (Å²) in [4.78, 5) is 2.43. The van der Waals surface area contributed by atoms with Gasteiger partial charge in [0.05, 0.1) is 6.04 Å². The highest BCUT2D eigenvalue weighted by molar-refractivity contribution is 5.30. The Morgan fingerprint density at radius 3 is 2.71 bits per heavy atom. The van der Waals surface area contributed by atoms with Gasteiger partial charge in [-0.05, 0) is 30.5 Å². The highest BCUT2D eigenvalue weighted by Crippen LogP contribution is 2.33. The van der Waals surface area contributed by atoms with Crippen LogP contribution in [0.1, 0.15) is 37.6 Å². The summed E-state index contributed by atoms with van der Waals surface area (Å²) < 4.78 is 16.7. The lowest BCUT2D eigenvalue weighted by atomic mass is 10.00. The minimum Gasteiger partial charge on any atom is -0.350 e. The van der Waals surface area contributed by atoms with Crippen molar-refractivity contribution < 1.29 is 4.39 Å². The Kier molecular flexibility index (Phi) is 4.11. The highest BCUT2D eigenvalue weighted by Gasteiger charge is 2.29. The van der Waals surface area contributed by atoms with Crippen LogP contribution in [0.15, 0.2) is 42.6 Å². The first-order valence-electron chi connectivity index (χ1n) is 7.80. The summed E-state index contributed by atoms with van der Waals surface area (Å²) in [5, 5.41) is 0. The van der Waals surface area contributed by atoms with E-state index < -0.39 is 0 Å². The maximum atomic E-state index is 14.4. The van der Waals surface area contributed by atoms with Gasteiger partial charge in [0.25, 0.3) is 0 Å². The molecule has 0 amide bonds.